The van der Waals surface area contributed by atoms with Gasteiger partial charge in [-0.05, 0) is 37.8 Å². The van der Waals surface area contributed by atoms with E-state index in [4.69, 9.17) is 0 Å². The van der Waals surface area contributed by atoms with Gasteiger partial charge in [0, 0.05) is 26.3 Å². The molecule has 1 aliphatic carbocycles. The molecule has 1 fully saturated rings. The lowest BCUT2D eigenvalue weighted by molar-refractivity contribution is 0.0746. The van der Waals surface area contributed by atoms with Gasteiger partial charge in [-0.3, -0.25) is 4.79 Å². The quantitative estimate of drug-likeness (QED) is 0.886. The Labute approximate surface area is 109 Å². The van der Waals surface area contributed by atoms with Crippen molar-refractivity contribution in [3.63, 3.8) is 0 Å². The Kier molecular flexibility index (Phi) is 3.90. The number of nitrogens with zero attached hydrogens (tertiary/aromatic N) is 1. The van der Waals surface area contributed by atoms with Crippen LogP contribution in [0.3, 0.4) is 0 Å². The molecule has 1 aliphatic rings. The summed E-state index contributed by atoms with van der Waals surface area (Å²) < 4.78 is 0. The lowest BCUT2D eigenvalue weighted by Gasteiger charge is -2.30. The van der Waals surface area contributed by atoms with Gasteiger partial charge in [-0.25, -0.2) is 0 Å². The van der Waals surface area contributed by atoms with E-state index in [9.17, 15) is 4.79 Å². The molecule has 0 bridgehead atoms. The Morgan fingerprint density at radius 1 is 1.44 bits per heavy atom. The van der Waals surface area contributed by atoms with Crippen LogP contribution in [-0.4, -0.2) is 31.4 Å². The third-order valence-corrected chi connectivity index (χ3v) is 3.78. The molecule has 0 aromatic heterocycles. The van der Waals surface area contributed by atoms with Crippen LogP contribution >= 0.6 is 0 Å². The molecule has 0 heterocycles. The summed E-state index contributed by atoms with van der Waals surface area (Å²) >= 11 is 0. The zero-order valence-electron chi connectivity index (χ0n) is 11.5. The highest BCUT2D eigenvalue weighted by Crippen LogP contribution is 2.27. The molecule has 1 amide bonds. The number of rotatable bonds is 4. The van der Waals surface area contributed by atoms with Crippen molar-refractivity contribution in [3.05, 3.63) is 29.3 Å². The van der Waals surface area contributed by atoms with Gasteiger partial charge in [0.2, 0.25) is 0 Å². The number of benzene rings is 1. The van der Waals surface area contributed by atoms with E-state index in [1.807, 2.05) is 44.1 Å². The van der Waals surface area contributed by atoms with Crippen LogP contribution in [0.4, 0.5) is 5.69 Å². The van der Waals surface area contributed by atoms with Crippen molar-refractivity contribution in [1.29, 1.82) is 0 Å². The molecule has 1 saturated carbocycles. The maximum atomic E-state index is 12.4. The molecule has 0 unspecified atom stereocenters. The molecule has 1 aromatic carbocycles. The van der Waals surface area contributed by atoms with E-state index < -0.39 is 0 Å². The third kappa shape index (κ3) is 2.66. The molecule has 18 heavy (non-hydrogen) atoms. The zero-order chi connectivity index (χ0) is 13.1. The molecule has 0 atom stereocenters. The van der Waals surface area contributed by atoms with Crippen molar-refractivity contribution >= 4 is 11.6 Å². The highest BCUT2D eigenvalue weighted by Gasteiger charge is 2.23. The highest BCUT2D eigenvalue weighted by molar-refractivity contribution is 5.99. The predicted molar refractivity (Wildman–Crippen MR) is 75.0 cm³/mol. The Balaban J connectivity index is 2.13. The number of aryl methyl sites for hydroxylation is 1. The SMILES string of the molecule is CNc1ccc(C)cc1C(=O)N(C)CC1CCC1. The van der Waals surface area contributed by atoms with Crippen LogP contribution in [0.2, 0.25) is 0 Å². The van der Waals surface area contributed by atoms with E-state index in [-0.39, 0.29) is 5.91 Å². The van der Waals surface area contributed by atoms with Crippen LogP contribution in [0.5, 0.6) is 0 Å². The van der Waals surface area contributed by atoms with E-state index in [0.29, 0.717) is 5.92 Å². The molecule has 3 nitrogen and oxygen atoms in total. The van der Waals surface area contributed by atoms with Crippen LogP contribution in [0.15, 0.2) is 18.2 Å². The highest BCUT2D eigenvalue weighted by atomic mass is 16.2. The number of anilines is 1. The smallest absolute Gasteiger partial charge is 0.255 e. The first kappa shape index (κ1) is 12.9. The van der Waals surface area contributed by atoms with Crippen molar-refractivity contribution in [2.75, 3.05) is 26.0 Å². The van der Waals surface area contributed by atoms with E-state index in [0.717, 1.165) is 23.4 Å². The molecule has 2 rings (SSSR count). The maximum Gasteiger partial charge on any atom is 0.255 e. The Morgan fingerprint density at radius 2 is 2.17 bits per heavy atom. The lowest BCUT2D eigenvalue weighted by atomic mass is 9.85. The predicted octanol–water partition coefficient (Wildman–Crippen LogP) is 2.91. The van der Waals surface area contributed by atoms with E-state index >= 15 is 0 Å². The first-order valence-corrected chi connectivity index (χ1v) is 6.65. The monoisotopic (exact) mass is 246 g/mol. The molecule has 0 spiro atoms. The van der Waals surface area contributed by atoms with E-state index in [2.05, 4.69) is 5.32 Å². The molecule has 0 saturated heterocycles. The number of carbonyl (C=O) groups is 1. The van der Waals surface area contributed by atoms with Gasteiger partial charge in [0.15, 0.2) is 0 Å². The summed E-state index contributed by atoms with van der Waals surface area (Å²) in [6.07, 6.45) is 3.85. The number of amides is 1. The average Bonchev–Trinajstić information content (AvgIpc) is 2.32. The molecule has 0 aliphatic heterocycles. The molecular formula is C15H22N2O. The summed E-state index contributed by atoms with van der Waals surface area (Å²) in [6.45, 7) is 2.90. The van der Waals surface area contributed by atoms with Crippen LogP contribution in [0, 0.1) is 12.8 Å². The summed E-state index contributed by atoms with van der Waals surface area (Å²) in [5.41, 5.74) is 2.81. The van der Waals surface area contributed by atoms with Crippen LogP contribution < -0.4 is 5.32 Å². The van der Waals surface area contributed by atoms with E-state index in [1.54, 1.807) is 0 Å². The van der Waals surface area contributed by atoms with Crippen molar-refractivity contribution in [1.82, 2.24) is 4.90 Å². The van der Waals surface area contributed by atoms with Gasteiger partial charge < -0.3 is 10.2 Å². The zero-order valence-corrected chi connectivity index (χ0v) is 11.5. The molecule has 0 radical (unpaired) electrons. The second-order valence-electron chi connectivity index (χ2n) is 5.28. The van der Waals surface area contributed by atoms with Gasteiger partial charge in [-0.2, -0.15) is 0 Å². The van der Waals surface area contributed by atoms with Crippen molar-refractivity contribution in [2.24, 2.45) is 5.92 Å². The summed E-state index contributed by atoms with van der Waals surface area (Å²) in [6, 6.07) is 5.96. The molecule has 1 aromatic rings. The third-order valence-electron chi connectivity index (χ3n) is 3.78. The van der Waals surface area contributed by atoms with Crippen LogP contribution in [-0.2, 0) is 0 Å². The van der Waals surface area contributed by atoms with Gasteiger partial charge in [0.1, 0.15) is 0 Å². The van der Waals surface area contributed by atoms with E-state index in [1.165, 1.54) is 19.3 Å². The summed E-state index contributed by atoms with van der Waals surface area (Å²) in [7, 11) is 3.76. The first-order valence-electron chi connectivity index (χ1n) is 6.65. The Hall–Kier alpha value is -1.51. The summed E-state index contributed by atoms with van der Waals surface area (Å²) in [5, 5.41) is 3.09. The Morgan fingerprint density at radius 3 is 2.72 bits per heavy atom. The van der Waals surface area contributed by atoms with Gasteiger partial charge in [-0.15, -0.1) is 0 Å². The normalized spacial score (nSPS) is 15.1. The van der Waals surface area contributed by atoms with Crippen molar-refractivity contribution in [2.45, 2.75) is 26.2 Å². The number of carbonyl (C=O) groups excluding carboxylic acids is 1. The second-order valence-corrected chi connectivity index (χ2v) is 5.28. The second kappa shape index (κ2) is 5.42. The van der Waals surface area contributed by atoms with Gasteiger partial charge in [0.25, 0.3) is 5.91 Å². The first-order chi connectivity index (χ1) is 8.61. The fourth-order valence-corrected chi connectivity index (χ4v) is 2.40. The minimum atomic E-state index is 0.120. The average molecular weight is 246 g/mol. The maximum absolute atomic E-state index is 12.4. The molecule has 3 heteroatoms. The lowest BCUT2D eigenvalue weighted by Crippen LogP contribution is -2.34. The summed E-state index contributed by atoms with van der Waals surface area (Å²) in [4.78, 5) is 14.3. The fourth-order valence-electron chi connectivity index (χ4n) is 2.40. The van der Waals surface area contributed by atoms with Crippen LogP contribution in [0.1, 0.15) is 35.2 Å². The van der Waals surface area contributed by atoms with Gasteiger partial charge in [-0.1, -0.05) is 18.1 Å². The van der Waals surface area contributed by atoms with Crippen LogP contribution in [0.25, 0.3) is 0 Å². The number of hydrogen-bond donors (Lipinski definition) is 1. The largest absolute Gasteiger partial charge is 0.387 e. The van der Waals surface area contributed by atoms with Gasteiger partial charge in [0.05, 0.1) is 5.56 Å². The summed E-state index contributed by atoms with van der Waals surface area (Å²) in [5.74, 6) is 0.830. The standard InChI is InChI=1S/C15H22N2O/c1-11-7-8-14(16-2)13(9-11)15(18)17(3)10-12-5-4-6-12/h7-9,12,16H,4-6,10H2,1-3H3. The van der Waals surface area contributed by atoms with Crippen molar-refractivity contribution < 1.29 is 4.79 Å². The fraction of sp³-hybridized carbons (Fsp3) is 0.533. The molecular weight excluding hydrogens is 224 g/mol. The minimum absolute atomic E-state index is 0.120. The molecule has 98 valence electrons. The Bertz CT molecular complexity index is 438. The topological polar surface area (TPSA) is 32.3 Å². The molecule has 1 N–H and O–H groups in total. The van der Waals surface area contributed by atoms with Crippen molar-refractivity contribution in [3.8, 4) is 0 Å². The number of nitrogens with one attached hydrogen (secondary N) is 1. The number of hydrogen-bond acceptors (Lipinski definition) is 2. The van der Waals surface area contributed by atoms with Gasteiger partial charge >= 0.3 is 0 Å². The minimum Gasteiger partial charge on any atom is -0.387 e.